The number of carbonyl (C=O) groups is 1. The smallest absolute Gasteiger partial charge is 0.269 e. The van der Waals surface area contributed by atoms with Gasteiger partial charge in [-0.2, -0.15) is 0 Å². The quantitative estimate of drug-likeness (QED) is 0.467. The van der Waals surface area contributed by atoms with Crippen LogP contribution in [0.2, 0.25) is 0 Å². The number of nitrogens with zero attached hydrogens (tertiary/aromatic N) is 1. The van der Waals surface area contributed by atoms with Crippen LogP contribution in [0, 0.1) is 17.0 Å². The molecular weight excluding hydrogens is 270 g/mol. The maximum Gasteiger partial charge on any atom is 0.269 e. The highest BCUT2D eigenvalue weighted by atomic mass is 16.6. The first kappa shape index (κ1) is 14.7. The Morgan fingerprint density at radius 3 is 2.52 bits per heavy atom. The fraction of sp³-hybridized carbons (Fsp3) is 0.188. The number of nitro benzene ring substituents is 1. The maximum atomic E-state index is 11.9. The van der Waals surface area contributed by atoms with Crippen LogP contribution in [0.3, 0.4) is 0 Å². The predicted molar refractivity (Wildman–Crippen MR) is 79.0 cm³/mol. The highest BCUT2D eigenvalue weighted by molar-refractivity contribution is 5.98. The van der Waals surface area contributed by atoms with Crippen LogP contribution in [-0.4, -0.2) is 10.7 Å². The Hall–Kier alpha value is -2.69. The molecule has 0 bridgehead atoms. The summed E-state index contributed by atoms with van der Waals surface area (Å²) >= 11 is 0. The Morgan fingerprint density at radius 1 is 1.19 bits per heavy atom. The average Bonchev–Trinajstić information content (AvgIpc) is 2.49. The van der Waals surface area contributed by atoms with Crippen LogP contribution in [0.15, 0.2) is 42.5 Å². The number of hydrogen-bond acceptors (Lipinski definition) is 4. The van der Waals surface area contributed by atoms with Gasteiger partial charge < -0.3 is 4.74 Å². The van der Waals surface area contributed by atoms with Gasteiger partial charge in [-0.25, -0.2) is 0 Å². The van der Waals surface area contributed by atoms with Gasteiger partial charge in [-0.1, -0.05) is 19.1 Å². The topological polar surface area (TPSA) is 69.4 Å². The fourth-order valence-electron chi connectivity index (χ4n) is 1.96. The molecule has 0 unspecified atom stereocenters. The molecule has 0 saturated carbocycles. The summed E-state index contributed by atoms with van der Waals surface area (Å²) in [5, 5.41) is 10.7. The van der Waals surface area contributed by atoms with Crippen LogP contribution in [0.1, 0.15) is 29.3 Å². The van der Waals surface area contributed by atoms with Gasteiger partial charge in [0.2, 0.25) is 0 Å². The Kier molecular flexibility index (Phi) is 4.33. The van der Waals surface area contributed by atoms with E-state index in [1.165, 1.54) is 12.1 Å². The van der Waals surface area contributed by atoms with Crippen molar-refractivity contribution in [2.45, 2.75) is 20.3 Å². The minimum Gasteiger partial charge on any atom is -0.456 e. The summed E-state index contributed by atoms with van der Waals surface area (Å²) in [7, 11) is 0. The summed E-state index contributed by atoms with van der Waals surface area (Å²) < 4.78 is 5.75. The first-order valence-electron chi connectivity index (χ1n) is 6.58. The first-order chi connectivity index (χ1) is 10.0. The van der Waals surface area contributed by atoms with E-state index in [0.717, 1.165) is 0 Å². The van der Waals surface area contributed by atoms with Gasteiger partial charge >= 0.3 is 0 Å². The van der Waals surface area contributed by atoms with Gasteiger partial charge in [0.1, 0.15) is 11.5 Å². The molecule has 0 heterocycles. The van der Waals surface area contributed by atoms with Crippen molar-refractivity contribution in [1.82, 2.24) is 0 Å². The number of hydrogen-bond donors (Lipinski definition) is 0. The van der Waals surface area contributed by atoms with E-state index in [-0.39, 0.29) is 11.5 Å². The van der Waals surface area contributed by atoms with Crippen molar-refractivity contribution in [3.63, 3.8) is 0 Å². The summed E-state index contributed by atoms with van der Waals surface area (Å²) in [6.07, 6.45) is 0.389. The summed E-state index contributed by atoms with van der Waals surface area (Å²) in [6, 6.07) is 11.3. The Morgan fingerprint density at radius 2 is 1.90 bits per heavy atom. The van der Waals surface area contributed by atoms with E-state index in [9.17, 15) is 14.9 Å². The molecule has 0 saturated heterocycles. The predicted octanol–water partition coefficient (Wildman–Crippen LogP) is 4.29. The molecule has 0 fully saturated rings. The Balaban J connectivity index is 2.35. The van der Waals surface area contributed by atoms with Crippen molar-refractivity contribution in [1.29, 1.82) is 0 Å². The lowest BCUT2D eigenvalue weighted by Gasteiger charge is -2.11. The van der Waals surface area contributed by atoms with E-state index >= 15 is 0 Å². The molecule has 0 atom stereocenters. The number of Topliss-reactive ketones (excluding diaryl/α,β-unsaturated/α-hetero) is 1. The summed E-state index contributed by atoms with van der Waals surface area (Å²) in [6.45, 7) is 3.52. The van der Waals surface area contributed by atoms with E-state index in [0.29, 0.717) is 29.0 Å². The third kappa shape index (κ3) is 3.25. The molecule has 108 valence electrons. The molecule has 2 aromatic rings. The average molecular weight is 285 g/mol. The molecule has 0 radical (unpaired) electrons. The highest BCUT2D eigenvalue weighted by Gasteiger charge is 2.13. The van der Waals surface area contributed by atoms with E-state index in [1.807, 2.05) is 0 Å². The lowest BCUT2D eigenvalue weighted by molar-refractivity contribution is -0.384. The molecule has 0 aliphatic heterocycles. The molecule has 0 amide bonds. The molecule has 5 heteroatoms. The zero-order chi connectivity index (χ0) is 15.4. The lowest BCUT2D eigenvalue weighted by Crippen LogP contribution is -2.00. The number of carbonyl (C=O) groups excluding carboxylic acids is 1. The largest absolute Gasteiger partial charge is 0.456 e. The van der Waals surface area contributed by atoms with Gasteiger partial charge in [-0.15, -0.1) is 0 Å². The molecular formula is C16H15NO4. The second kappa shape index (κ2) is 6.17. The van der Waals surface area contributed by atoms with Crippen molar-refractivity contribution in [2.75, 3.05) is 0 Å². The van der Waals surface area contributed by atoms with E-state index in [1.54, 1.807) is 44.2 Å². The number of ether oxygens (including phenoxy) is 1. The van der Waals surface area contributed by atoms with Crippen LogP contribution in [0.25, 0.3) is 0 Å². The van der Waals surface area contributed by atoms with Gasteiger partial charge in [0.05, 0.1) is 10.5 Å². The zero-order valence-corrected chi connectivity index (χ0v) is 11.8. The molecule has 0 aromatic heterocycles. The summed E-state index contributed by atoms with van der Waals surface area (Å²) in [4.78, 5) is 22.2. The van der Waals surface area contributed by atoms with Crippen LogP contribution in [0.4, 0.5) is 5.69 Å². The van der Waals surface area contributed by atoms with Gasteiger partial charge in [0.25, 0.3) is 5.69 Å². The minimum atomic E-state index is -0.453. The molecule has 5 nitrogen and oxygen atoms in total. The Bertz CT molecular complexity index is 694. The van der Waals surface area contributed by atoms with Gasteiger partial charge in [-0.05, 0) is 30.7 Å². The van der Waals surface area contributed by atoms with Crippen molar-refractivity contribution in [3.05, 3.63) is 63.7 Å². The van der Waals surface area contributed by atoms with Gasteiger partial charge in [0.15, 0.2) is 5.78 Å². The van der Waals surface area contributed by atoms with Crippen LogP contribution >= 0.6 is 0 Å². The van der Waals surface area contributed by atoms with Crippen molar-refractivity contribution < 1.29 is 14.5 Å². The number of rotatable bonds is 5. The normalized spacial score (nSPS) is 10.2. The zero-order valence-electron chi connectivity index (χ0n) is 11.8. The number of benzene rings is 2. The van der Waals surface area contributed by atoms with E-state index in [2.05, 4.69) is 0 Å². The molecule has 2 aromatic carbocycles. The van der Waals surface area contributed by atoms with Crippen molar-refractivity contribution in [3.8, 4) is 11.5 Å². The third-order valence-corrected chi connectivity index (χ3v) is 3.10. The van der Waals surface area contributed by atoms with E-state index in [4.69, 9.17) is 4.74 Å². The van der Waals surface area contributed by atoms with Crippen molar-refractivity contribution >= 4 is 11.5 Å². The highest BCUT2D eigenvalue weighted by Crippen LogP contribution is 2.30. The minimum absolute atomic E-state index is 0.00911. The molecule has 0 spiro atoms. The summed E-state index contributed by atoms with van der Waals surface area (Å²) in [5.41, 5.74) is 1.17. The molecule has 2 rings (SSSR count). The molecule has 0 N–H and O–H groups in total. The number of aryl methyl sites for hydroxylation is 1. The van der Waals surface area contributed by atoms with E-state index < -0.39 is 4.92 Å². The van der Waals surface area contributed by atoms with Crippen molar-refractivity contribution in [2.24, 2.45) is 0 Å². The lowest BCUT2D eigenvalue weighted by atomic mass is 10.1. The maximum absolute atomic E-state index is 11.9. The van der Waals surface area contributed by atoms with Gasteiger partial charge in [0, 0.05) is 18.6 Å². The monoisotopic (exact) mass is 285 g/mol. The first-order valence-corrected chi connectivity index (χ1v) is 6.58. The molecule has 0 aliphatic carbocycles. The SMILES string of the molecule is CCC(=O)c1ccccc1Oc1ccc([N+](=O)[O-])cc1C. The Labute approximate surface area is 122 Å². The summed E-state index contributed by atoms with van der Waals surface area (Å²) in [5.74, 6) is 0.948. The van der Waals surface area contributed by atoms with Gasteiger partial charge in [-0.3, -0.25) is 14.9 Å². The second-order valence-electron chi connectivity index (χ2n) is 4.58. The standard InChI is InChI=1S/C16H15NO4/c1-3-14(18)13-6-4-5-7-16(13)21-15-9-8-12(17(19)20)10-11(15)2/h4-10H,3H2,1-2H3. The fourth-order valence-corrected chi connectivity index (χ4v) is 1.96. The second-order valence-corrected chi connectivity index (χ2v) is 4.58. The number of non-ortho nitro benzene ring substituents is 1. The van der Waals surface area contributed by atoms with Crippen LogP contribution in [-0.2, 0) is 0 Å². The van der Waals surface area contributed by atoms with Crippen LogP contribution < -0.4 is 4.74 Å². The third-order valence-electron chi connectivity index (χ3n) is 3.10. The molecule has 21 heavy (non-hydrogen) atoms. The van der Waals surface area contributed by atoms with Crippen LogP contribution in [0.5, 0.6) is 11.5 Å². The molecule has 0 aliphatic rings. The number of para-hydroxylation sites is 1. The number of ketones is 1. The number of nitro groups is 1.